The molecule has 0 aliphatic rings. The highest BCUT2D eigenvalue weighted by Crippen LogP contribution is 2.23. The molecular formula is C17H17BrN2O4. The van der Waals surface area contributed by atoms with E-state index in [1.54, 1.807) is 18.2 Å². The van der Waals surface area contributed by atoms with Gasteiger partial charge in [-0.25, -0.2) is 0 Å². The van der Waals surface area contributed by atoms with Crippen molar-refractivity contribution in [1.29, 1.82) is 0 Å². The van der Waals surface area contributed by atoms with Crippen LogP contribution in [0, 0.1) is 6.92 Å². The van der Waals surface area contributed by atoms with Crippen molar-refractivity contribution in [2.24, 2.45) is 0 Å². The molecule has 1 aromatic heterocycles. The molecule has 1 aromatic carbocycles. The van der Waals surface area contributed by atoms with Gasteiger partial charge in [-0.15, -0.1) is 0 Å². The highest BCUT2D eigenvalue weighted by Gasteiger charge is 2.19. The SMILES string of the molecule is Cc1ccc(NC(=O)[C@H](C)OC(=O)Cn2ccccc2=O)c(Br)c1. The molecule has 1 heterocycles. The average Bonchev–Trinajstić information content (AvgIpc) is 2.52. The number of halogens is 1. The first-order valence-corrected chi connectivity index (χ1v) is 8.08. The van der Waals surface area contributed by atoms with Crippen LogP contribution in [0.2, 0.25) is 0 Å². The normalized spacial score (nSPS) is 11.6. The topological polar surface area (TPSA) is 77.4 Å². The molecule has 0 bridgehead atoms. The third-order valence-corrected chi connectivity index (χ3v) is 3.91. The van der Waals surface area contributed by atoms with Gasteiger partial charge < -0.3 is 14.6 Å². The fourth-order valence-corrected chi connectivity index (χ4v) is 2.57. The second-order valence-electron chi connectivity index (χ2n) is 5.27. The fourth-order valence-electron chi connectivity index (χ4n) is 1.97. The molecule has 0 fully saturated rings. The largest absolute Gasteiger partial charge is 0.451 e. The fraction of sp³-hybridized carbons (Fsp3) is 0.235. The van der Waals surface area contributed by atoms with Crippen molar-refractivity contribution in [1.82, 2.24) is 4.57 Å². The van der Waals surface area contributed by atoms with Crippen molar-refractivity contribution in [3.05, 3.63) is 63.0 Å². The zero-order valence-corrected chi connectivity index (χ0v) is 14.9. The Labute approximate surface area is 147 Å². The highest BCUT2D eigenvalue weighted by atomic mass is 79.9. The minimum absolute atomic E-state index is 0.245. The number of carbonyl (C=O) groups is 2. The van der Waals surface area contributed by atoms with Crippen LogP contribution in [0.4, 0.5) is 5.69 Å². The van der Waals surface area contributed by atoms with Crippen molar-refractivity contribution in [3.8, 4) is 0 Å². The molecule has 0 unspecified atom stereocenters. The Hall–Kier alpha value is -2.41. The van der Waals surface area contributed by atoms with Crippen LogP contribution >= 0.6 is 15.9 Å². The summed E-state index contributed by atoms with van der Waals surface area (Å²) in [6.07, 6.45) is 0.503. The van der Waals surface area contributed by atoms with Crippen LogP contribution in [0.1, 0.15) is 12.5 Å². The molecule has 2 rings (SSSR count). The number of nitrogens with one attached hydrogen (secondary N) is 1. The van der Waals surface area contributed by atoms with Gasteiger partial charge >= 0.3 is 5.97 Å². The molecule has 6 nitrogen and oxygen atoms in total. The average molecular weight is 393 g/mol. The van der Waals surface area contributed by atoms with Gasteiger partial charge in [-0.1, -0.05) is 12.1 Å². The number of ether oxygens (including phenoxy) is 1. The van der Waals surface area contributed by atoms with Crippen LogP contribution in [0.3, 0.4) is 0 Å². The second kappa shape index (κ2) is 7.92. The number of amides is 1. The van der Waals surface area contributed by atoms with Gasteiger partial charge in [0.2, 0.25) is 0 Å². The van der Waals surface area contributed by atoms with Crippen LogP contribution in [-0.4, -0.2) is 22.5 Å². The van der Waals surface area contributed by atoms with Crippen LogP contribution in [0.15, 0.2) is 51.9 Å². The third-order valence-electron chi connectivity index (χ3n) is 3.26. The first-order valence-electron chi connectivity index (χ1n) is 7.29. The zero-order chi connectivity index (χ0) is 17.7. The highest BCUT2D eigenvalue weighted by molar-refractivity contribution is 9.10. The Morgan fingerprint density at radius 1 is 1.29 bits per heavy atom. The van der Waals surface area contributed by atoms with E-state index in [-0.39, 0.29) is 12.1 Å². The quantitative estimate of drug-likeness (QED) is 0.792. The number of aromatic nitrogens is 1. The number of pyridine rings is 1. The summed E-state index contributed by atoms with van der Waals surface area (Å²) in [6.45, 7) is 3.17. The molecule has 1 N–H and O–H groups in total. The monoisotopic (exact) mass is 392 g/mol. The maximum Gasteiger partial charge on any atom is 0.326 e. The Kier molecular flexibility index (Phi) is 5.92. The molecule has 126 valence electrons. The van der Waals surface area contributed by atoms with Crippen LogP contribution in [-0.2, 0) is 20.9 Å². The van der Waals surface area contributed by atoms with E-state index < -0.39 is 18.0 Å². The number of aryl methyl sites for hydroxylation is 1. The minimum Gasteiger partial charge on any atom is -0.451 e. The van der Waals surface area contributed by atoms with E-state index in [4.69, 9.17) is 4.74 Å². The molecule has 0 aliphatic heterocycles. The van der Waals surface area contributed by atoms with E-state index in [0.717, 1.165) is 10.0 Å². The van der Waals surface area contributed by atoms with Gasteiger partial charge in [-0.2, -0.15) is 0 Å². The number of benzene rings is 1. The van der Waals surface area contributed by atoms with E-state index in [1.165, 1.54) is 23.8 Å². The maximum atomic E-state index is 12.1. The van der Waals surface area contributed by atoms with E-state index in [9.17, 15) is 14.4 Å². The maximum absolute atomic E-state index is 12.1. The lowest BCUT2D eigenvalue weighted by atomic mass is 10.2. The Morgan fingerprint density at radius 2 is 2.04 bits per heavy atom. The van der Waals surface area contributed by atoms with E-state index in [0.29, 0.717) is 5.69 Å². The van der Waals surface area contributed by atoms with Crippen LogP contribution in [0.5, 0.6) is 0 Å². The first-order chi connectivity index (χ1) is 11.4. The van der Waals surface area contributed by atoms with E-state index in [1.807, 2.05) is 19.1 Å². The molecule has 2 aromatic rings. The van der Waals surface area contributed by atoms with Crippen molar-refractivity contribution < 1.29 is 14.3 Å². The van der Waals surface area contributed by atoms with E-state index in [2.05, 4.69) is 21.2 Å². The number of hydrogen-bond donors (Lipinski definition) is 1. The van der Waals surface area contributed by atoms with Crippen molar-refractivity contribution in [2.75, 3.05) is 5.32 Å². The molecule has 0 radical (unpaired) electrons. The van der Waals surface area contributed by atoms with Gasteiger partial charge in [0.15, 0.2) is 6.10 Å². The van der Waals surface area contributed by atoms with Crippen LogP contribution in [0.25, 0.3) is 0 Å². The lowest BCUT2D eigenvalue weighted by Gasteiger charge is -2.15. The molecule has 7 heteroatoms. The zero-order valence-electron chi connectivity index (χ0n) is 13.3. The minimum atomic E-state index is -0.981. The molecule has 24 heavy (non-hydrogen) atoms. The summed E-state index contributed by atoms with van der Waals surface area (Å²) < 4.78 is 7.03. The van der Waals surface area contributed by atoms with Crippen LogP contribution < -0.4 is 10.9 Å². The van der Waals surface area contributed by atoms with Gasteiger partial charge in [-0.3, -0.25) is 14.4 Å². The van der Waals surface area contributed by atoms with E-state index >= 15 is 0 Å². The number of esters is 1. The third kappa shape index (κ3) is 4.79. The predicted octanol–water partition coefficient (Wildman–Crippen LogP) is 2.49. The summed E-state index contributed by atoms with van der Waals surface area (Å²) in [5.41, 5.74) is 1.33. The molecule has 0 saturated heterocycles. The van der Waals surface area contributed by atoms with Gasteiger partial charge in [-0.05, 0) is 53.5 Å². The number of nitrogens with zero attached hydrogens (tertiary/aromatic N) is 1. The number of rotatable bonds is 5. The number of hydrogen-bond acceptors (Lipinski definition) is 4. The van der Waals surface area contributed by atoms with Crippen molar-refractivity contribution >= 4 is 33.5 Å². The standard InChI is InChI=1S/C17H17BrN2O4/c1-11-6-7-14(13(18)9-11)19-17(23)12(2)24-16(22)10-20-8-4-3-5-15(20)21/h3-9,12H,10H2,1-2H3,(H,19,23)/t12-/m0/s1. The van der Waals surface area contributed by atoms with Gasteiger partial charge in [0.25, 0.3) is 11.5 Å². The molecule has 0 saturated carbocycles. The van der Waals surface area contributed by atoms with Crippen molar-refractivity contribution in [3.63, 3.8) is 0 Å². The molecule has 1 amide bonds. The summed E-state index contributed by atoms with van der Waals surface area (Å²) in [5, 5.41) is 2.69. The molecular weight excluding hydrogens is 376 g/mol. The second-order valence-corrected chi connectivity index (χ2v) is 6.13. The summed E-state index contributed by atoms with van der Waals surface area (Å²) >= 11 is 3.37. The van der Waals surface area contributed by atoms with Gasteiger partial charge in [0, 0.05) is 16.7 Å². The lowest BCUT2D eigenvalue weighted by molar-refractivity contribution is -0.153. The smallest absolute Gasteiger partial charge is 0.326 e. The van der Waals surface area contributed by atoms with Gasteiger partial charge in [0.1, 0.15) is 6.54 Å². The summed E-state index contributed by atoms with van der Waals surface area (Å²) in [6, 6.07) is 10.1. The summed E-state index contributed by atoms with van der Waals surface area (Å²) in [7, 11) is 0. The summed E-state index contributed by atoms with van der Waals surface area (Å²) in [4.78, 5) is 35.6. The summed E-state index contributed by atoms with van der Waals surface area (Å²) in [5.74, 6) is -1.11. The lowest BCUT2D eigenvalue weighted by Crippen LogP contribution is -2.32. The first kappa shape index (κ1) is 17.9. The Bertz CT molecular complexity index is 816. The molecule has 1 atom stereocenters. The number of anilines is 1. The number of carbonyl (C=O) groups excluding carboxylic acids is 2. The van der Waals surface area contributed by atoms with Gasteiger partial charge in [0.05, 0.1) is 5.69 Å². The molecule has 0 spiro atoms. The Morgan fingerprint density at radius 3 is 2.71 bits per heavy atom. The molecule has 0 aliphatic carbocycles. The predicted molar refractivity (Wildman–Crippen MR) is 93.8 cm³/mol. The Balaban J connectivity index is 1.94. The van der Waals surface area contributed by atoms with Crippen molar-refractivity contribution in [2.45, 2.75) is 26.5 Å².